The van der Waals surface area contributed by atoms with Crippen LogP contribution in [0.25, 0.3) is 0 Å². The third-order valence-corrected chi connectivity index (χ3v) is 5.63. The lowest BCUT2D eigenvalue weighted by Crippen LogP contribution is -2.54. The van der Waals surface area contributed by atoms with Crippen molar-refractivity contribution in [2.75, 3.05) is 5.32 Å². The maximum atomic E-state index is 12.9. The van der Waals surface area contributed by atoms with Gasteiger partial charge in [0.1, 0.15) is 6.04 Å². The highest BCUT2D eigenvalue weighted by atomic mass is 16.2. The van der Waals surface area contributed by atoms with Crippen molar-refractivity contribution >= 4 is 29.3 Å². The van der Waals surface area contributed by atoms with Gasteiger partial charge in [-0.05, 0) is 55.7 Å². The summed E-state index contributed by atoms with van der Waals surface area (Å²) in [6.07, 6.45) is 0.235. The number of hydrogen-bond acceptors (Lipinski definition) is 6. The molecule has 8 heteroatoms. The van der Waals surface area contributed by atoms with E-state index in [1.54, 1.807) is 18.2 Å². The number of fused-ring (bicyclic) bond motifs is 1. The molecule has 0 aromatic heterocycles. The Kier molecular flexibility index (Phi) is 5.10. The Hall–Kier alpha value is -3.52. The minimum absolute atomic E-state index is 0.0963. The molecule has 4 rings (SSSR count). The van der Waals surface area contributed by atoms with Crippen molar-refractivity contribution in [2.24, 2.45) is 5.73 Å². The second-order valence-electron chi connectivity index (χ2n) is 8.48. The van der Waals surface area contributed by atoms with Crippen LogP contribution in [0.4, 0.5) is 5.69 Å². The summed E-state index contributed by atoms with van der Waals surface area (Å²) in [5, 5.41) is 5.49. The molecule has 0 saturated carbocycles. The van der Waals surface area contributed by atoms with Gasteiger partial charge < -0.3 is 11.1 Å². The lowest BCUT2D eigenvalue weighted by Gasteiger charge is -2.27. The molecule has 4 amide bonds. The molecule has 2 heterocycles. The van der Waals surface area contributed by atoms with Gasteiger partial charge in [0, 0.05) is 24.2 Å². The quantitative estimate of drug-likeness (QED) is 0.635. The Morgan fingerprint density at radius 1 is 1.03 bits per heavy atom. The molecule has 0 bridgehead atoms. The lowest BCUT2D eigenvalue weighted by molar-refractivity contribution is -0.136. The number of benzene rings is 2. The molecule has 31 heavy (non-hydrogen) atoms. The van der Waals surface area contributed by atoms with Crippen LogP contribution in [0.5, 0.6) is 0 Å². The van der Waals surface area contributed by atoms with Crippen LogP contribution >= 0.6 is 0 Å². The molecule has 1 saturated heterocycles. The molecule has 1 atom stereocenters. The minimum Gasteiger partial charge on any atom is -0.381 e. The molecule has 8 nitrogen and oxygen atoms in total. The summed E-state index contributed by atoms with van der Waals surface area (Å²) in [6, 6.07) is 11.9. The number of carbonyl (C=O) groups excluding carboxylic acids is 4. The number of imide groups is 2. The van der Waals surface area contributed by atoms with Crippen LogP contribution in [-0.4, -0.2) is 34.6 Å². The van der Waals surface area contributed by atoms with Crippen LogP contribution in [0.2, 0.25) is 0 Å². The second kappa shape index (κ2) is 7.63. The number of nitrogens with one attached hydrogen (secondary N) is 2. The lowest BCUT2D eigenvalue weighted by atomic mass is 9.95. The zero-order valence-electron chi connectivity index (χ0n) is 17.4. The Labute approximate surface area is 179 Å². The third kappa shape index (κ3) is 3.94. The number of amides is 4. The van der Waals surface area contributed by atoms with Gasteiger partial charge in [-0.3, -0.25) is 29.4 Å². The normalized spacial score (nSPS) is 18.8. The van der Waals surface area contributed by atoms with Gasteiger partial charge in [0.15, 0.2) is 0 Å². The molecular formula is C23H24N4O4. The van der Waals surface area contributed by atoms with Gasteiger partial charge in [-0.15, -0.1) is 0 Å². The van der Waals surface area contributed by atoms with E-state index in [1.807, 2.05) is 38.1 Å². The van der Waals surface area contributed by atoms with E-state index < -0.39 is 35.2 Å². The van der Waals surface area contributed by atoms with Gasteiger partial charge in [-0.1, -0.05) is 18.2 Å². The monoisotopic (exact) mass is 420 g/mol. The third-order valence-electron chi connectivity index (χ3n) is 5.63. The fourth-order valence-corrected chi connectivity index (χ4v) is 3.85. The molecule has 2 aromatic carbocycles. The van der Waals surface area contributed by atoms with Crippen molar-refractivity contribution in [3.8, 4) is 0 Å². The van der Waals surface area contributed by atoms with Crippen molar-refractivity contribution in [3.05, 3.63) is 64.7 Å². The van der Waals surface area contributed by atoms with Gasteiger partial charge >= 0.3 is 0 Å². The summed E-state index contributed by atoms with van der Waals surface area (Å²) in [5.41, 5.74) is 8.98. The highest BCUT2D eigenvalue weighted by molar-refractivity contribution is 6.23. The van der Waals surface area contributed by atoms with E-state index in [1.165, 1.54) is 0 Å². The van der Waals surface area contributed by atoms with E-state index in [2.05, 4.69) is 10.6 Å². The van der Waals surface area contributed by atoms with Crippen molar-refractivity contribution < 1.29 is 19.2 Å². The summed E-state index contributed by atoms with van der Waals surface area (Å²) < 4.78 is 0. The fourth-order valence-electron chi connectivity index (χ4n) is 3.85. The first kappa shape index (κ1) is 20.7. The second-order valence-corrected chi connectivity index (χ2v) is 8.48. The average molecular weight is 420 g/mol. The summed E-state index contributed by atoms with van der Waals surface area (Å²) in [7, 11) is 0. The molecule has 2 aliphatic rings. The van der Waals surface area contributed by atoms with E-state index >= 15 is 0 Å². The molecule has 2 aromatic rings. The first-order valence-corrected chi connectivity index (χ1v) is 10.1. The van der Waals surface area contributed by atoms with Gasteiger partial charge in [0.25, 0.3) is 11.8 Å². The largest absolute Gasteiger partial charge is 0.381 e. The summed E-state index contributed by atoms with van der Waals surface area (Å²) >= 11 is 0. The van der Waals surface area contributed by atoms with E-state index in [-0.39, 0.29) is 24.0 Å². The number of anilines is 1. The predicted octanol–water partition coefficient (Wildman–Crippen LogP) is 1.89. The number of hydrogen-bond donors (Lipinski definition) is 3. The standard InChI is InChI=1S/C23H24N4O4/c1-23(2,24)14-4-6-15(7-5-14)25-12-13-3-8-16-17(11-13)22(31)27(21(16)30)18-9-10-19(28)26-20(18)29/h3-8,11,18,25H,9-10,12,24H2,1-2H3,(H,26,28,29). The highest BCUT2D eigenvalue weighted by Crippen LogP contribution is 2.28. The number of carbonyl (C=O) groups is 4. The Bertz CT molecular complexity index is 1090. The number of nitrogens with two attached hydrogens (primary N) is 1. The SMILES string of the molecule is CC(C)(N)c1ccc(NCc2ccc3c(c2)C(=O)N(C2CCC(=O)NC2=O)C3=O)cc1. The maximum absolute atomic E-state index is 12.9. The smallest absolute Gasteiger partial charge is 0.262 e. The van der Waals surface area contributed by atoms with E-state index in [0.717, 1.165) is 21.7 Å². The number of rotatable bonds is 5. The molecule has 0 spiro atoms. The number of piperidine rings is 1. The van der Waals surface area contributed by atoms with Crippen molar-refractivity contribution in [2.45, 2.75) is 44.8 Å². The van der Waals surface area contributed by atoms with Crippen molar-refractivity contribution in [1.82, 2.24) is 10.2 Å². The average Bonchev–Trinajstić information content (AvgIpc) is 2.96. The van der Waals surface area contributed by atoms with Gasteiger partial charge in [-0.25, -0.2) is 0 Å². The number of nitrogens with zero attached hydrogens (tertiary/aromatic N) is 1. The molecule has 0 aliphatic carbocycles. The van der Waals surface area contributed by atoms with Gasteiger partial charge in [0.2, 0.25) is 11.8 Å². The minimum atomic E-state index is -0.961. The predicted molar refractivity (Wildman–Crippen MR) is 114 cm³/mol. The van der Waals surface area contributed by atoms with Crippen LogP contribution in [0.3, 0.4) is 0 Å². The topological polar surface area (TPSA) is 122 Å². The molecule has 1 unspecified atom stereocenters. The Balaban J connectivity index is 1.48. The summed E-state index contributed by atoms with van der Waals surface area (Å²) in [4.78, 5) is 50.2. The summed E-state index contributed by atoms with van der Waals surface area (Å²) in [5.74, 6) is -2.02. The van der Waals surface area contributed by atoms with Crippen molar-refractivity contribution in [1.29, 1.82) is 0 Å². The Morgan fingerprint density at radius 2 is 1.71 bits per heavy atom. The molecule has 0 radical (unpaired) electrons. The van der Waals surface area contributed by atoms with Crippen LogP contribution in [-0.2, 0) is 21.7 Å². The highest BCUT2D eigenvalue weighted by Gasteiger charge is 2.44. The van der Waals surface area contributed by atoms with E-state index in [9.17, 15) is 19.2 Å². The van der Waals surface area contributed by atoms with Crippen LogP contribution in [0.15, 0.2) is 42.5 Å². The van der Waals surface area contributed by atoms with Gasteiger partial charge in [0.05, 0.1) is 11.1 Å². The molecule has 160 valence electrons. The molecule has 1 fully saturated rings. The van der Waals surface area contributed by atoms with E-state index in [4.69, 9.17) is 5.73 Å². The van der Waals surface area contributed by atoms with Crippen molar-refractivity contribution in [3.63, 3.8) is 0 Å². The van der Waals surface area contributed by atoms with Crippen LogP contribution in [0.1, 0.15) is 58.5 Å². The molecule has 2 aliphatic heterocycles. The first-order valence-electron chi connectivity index (χ1n) is 10.1. The van der Waals surface area contributed by atoms with Crippen LogP contribution < -0.4 is 16.4 Å². The molecule has 4 N–H and O–H groups in total. The Morgan fingerprint density at radius 3 is 2.35 bits per heavy atom. The maximum Gasteiger partial charge on any atom is 0.262 e. The zero-order valence-corrected chi connectivity index (χ0v) is 17.4. The van der Waals surface area contributed by atoms with Gasteiger partial charge in [-0.2, -0.15) is 0 Å². The van der Waals surface area contributed by atoms with Crippen LogP contribution in [0, 0.1) is 0 Å². The fraction of sp³-hybridized carbons (Fsp3) is 0.304. The zero-order chi connectivity index (χ0) is 22.3. The van der Waals surface area contributed by atoms with E-state index in [0.29, 0.717) is 6.54 Å². The summed E-state index contributed by atoms with van der Waals surface area (Å²) in [6.45, 7) is 4.34. The first-order chi connectivity index (χ1) is 14.6. The molecular weight excluding hydrogens is 396 g/mol.